The van der Waals surface area contributed by atoms with Crippen molar-refractivity contribution in [1.29, 1.82) is 0 Å². The molecule has 3 fully saturated rings. The second-order valence-electron chi connectivity index (χ2n) is 9.45. The number of nitrogens with zero attached hydrogens (tertiary/aromatic N) is 2. The zero-order valence-electron chi connectivity index (χ0n) is 18.7. The second kappa shape index (κ2) is 10.5. The summed E-state index contributed by atoms with van der Waals surface area (Å²) in [6.07, 6.45) is 10.9. The number of rotatable bonds is 5. The number of carbonyl (C=O) groups excluding carboxylic acids is 2. The Morgan fingerprint density at radius 2 is 1.55 bits per heavy atom. The van der Waals surface area contributed by atoms with Gasteiger partial charge in [-0.15, -0.1) is 0 Å². The van der Waals surface area contributed by atoms with Gasteiger partial charge in [0.15, 0.2) is 0 Å². The first-order valence-corrected chi connectivity index (χ1v) is 12.2. The number of esters is 1. The highest BCUT2D eigenvalue weighted by atomic mass is 16.5. The summed E-state index contributed by atoms with van der Waals surface area (Å²) in [5.41, 5.74) is 0.0805. The molecule has 6 nitrogen and oxygen atoms in total. The first kappa shape index (κ1) is 22.1. The van der Waals surface area contributed by atoms with E-state index in [1.165, 1.54) is 32.1 Å². The van der Waals surface area contributed by atoms with Gasteiger partial charge >= 0.3 is 12.0 Å². The van der Waals surface area contributed by atoms with Crippen LogP contribution >= 0.6 is 0 Å². The van der Waals surface area contributed by atoms with Gasteiger partial charge in [0.1, 0.15) is 12.1 Å². The fraction of sp³-hybridized carbons (Fsp3) is 0.680. The number of ether oxygens (including phenoxy) is 1. The molecule has 1 aromatic rings. The smallest absolute Gasteiger partial charge is 0.332 e. The molecule has 1 heterocycles. The number of hydrogen-bond donors (Lipinski definition) is 1. The van der Waals surface area contributed by atoms with Crippen LogP contribution in [0, 0.1) is 0 Å². The van der Waals surface area contributed by atoms with Gasteiger partial charge in [0.2, 0.25) is 0 Å². The van der Waals surface area contributed by atoms with Gasteiger partial charge in [-0.05, 0) is 31.2 Å². The molecule has 1 N–H and O–H groups in total. The Bertz CT molecular complexity index is 719. The minimum Gasteiger partial charge on any atom is -0.459 e. The summed E-state index contributed by atoms with van der Waals surface area (Å²) in [6, 6.07) is 10.3. The molecule has 0 aromatic heterocycles. The maximum atomic E-state index is 13.1. The lowest BCUT2D eigenvalue weighted by Gasteiger charge is -2.42. The van der Waals surface area contributed by atoms with Crippen LogP contribution in [0.15, 0.2) is 30.3 Å². The second-order valence-corrected chi connectivity index (χ2v) is 9.45. The summed E-state index contributed by atoms with van der Waals surface area (Å²) in [6.45, 7) is 3.58. The molecular weight excluding hydrogens is 390 g/mol. The Morgan fingerprint density at radius 3 is 2.23 bits per heavy atom. The number of amides is 2. The minimum atomic E-state index is -0.884. The van der Waals surface area contributed by atoms with Crippen molar-refractivity contribution in [2.75, 3.05) is 26.2 Å². The molecule has 2 amide bonds. The summed E-state index contributed by atoms with van der Waals surface area (Å²) in [7, 11) is 0. The van der Waals surface area contributed by atoms with Gasteiger partial charge in [-0.25, -0.2) is 9.59 Å². The van der Waals surface area contributed by atoms with Gasteiger partial charge in [-0.2, -0.15) is 0 Å². The fourth-order valence-electron chi connectivity index (χ4n) is 5.42. The van der Waals surface area contributed by atoms with Crippen LogP contribution in [0.2, 0.25) is 0 Å². The SMILES string of the molecule is O=C(NC1(C(=O)OCc2ccccc2)CCCCC1)N1CCN(C2CCCCC2)CC1. The quantitative estimate of drug-likeness (QED) is 0.719. The molecule has 1 saturated heterocycles. The zero-order chi connectivity index (χ0) is 21.5. The van der Waals surface area contributed by atoms with Crippen molar-refractivity contribution >= 4 is 12.0 Å². The van der Waals surface area contributed by atoms with Crippen LogP contribution in [0.1, 0.15) is 69.8 Å². The lowest BCUT2D eigenvalue weighted by atomic mass is 9.81. The van der Waals surface area contributed by atoms with Crippen LogP contribution < -0.4 is 5.32 Å². The first-order chi connectivity index (χ1) is 15.2. The summed E-state index contributed by atoms with van der Waals surface area (Å²) in [5.74, 6) is -0.287. The summed E-state index contributed by atoms with van der Waals surface area (Å²) >= 11 is 0. The average Bonchev–Trinajstić information content (AvgIpc) is 2.84. The number of piperazine rings is 1. The maximum absolute atomic E-state index is 13.1. The van der Waals surface area contributed by atoms with E-state index < -0.39 is 5.54 Å². The first-order valence-electron chi connectivity index (χ1n) is 12.2. The number of benzene rings is 1. The number of urea groups is 1. The summed E-state index contributed by atoms with van der Waals surface area (Å²) in [4.78, 5) is 30.7. The molecule has 0 radical (unpaired) electrons. The van der Waals surface area contributed by atoms with E-state index in [0.29, 0.717) is 18.9 Å². The molecule has 0 atom stereocenters. The molecule has 1 aliphatic heterocycles. The molecule has 2 saturated carbocycles. The van der Waals surface area contributed by atoms with Crippen molar-refractivity contribution in [3.05, 3.63) is 35.9 Å². The van der Waals surface area contributed by atoms with E-state index in [0.717, 1.165) is 51.0 Å². The molecule has 2 aliphatic carbocycles. The van der Waals surface area contributed by atoms with E-state index in [1.807, 2.05) is 35.2 Å². The maximum Gasteiger partial charge on any atom is 0.332 e. The highest BCUT2D eigenvalue weighted by Gasteiger charge is 2.43. The number of nitrogens with one attached hydrogen (secondary N) is 1. The number of carbonyl (C=O) groups is 2. The standard InChI is InChI=1S/C25H37N3O3/c29-23(31-20-21-10-4-1-5-11-21)25(14-8-3-9-15-25)26-24(30)28-18-16-27(17-19-28)22-12-6-2-7-13-22/h1,4-5,10-11,22H,2-3,6-9,12-20H2,(H,26,30). The van der Waals surface area contributed by atoms with Crippen molar-refractivity contribution in [2.24, 2.45) is 0 Å². The molecule has 31 heavy (non-hydrogen) atoms. The molecule has 1 aromatic carbocycles. The molecular formula is C25H37N3O3. The lowest BCUT2D eigenvalue weighted by molar-refractivity contribution is -0.154. The predicted octanol–water partition coefficient (Wildman–Crippen LogP) is 4.09. The van der Waals surface area contributed by atoms with E-state index in [-0.39, 0.29) is 18.6 Å². The van der Waals surface area contributed by atoms with E-state index >= 15 is 0 Å². The van der Waals surface area contributed by atoms with Crippen molar-refractivity contribution in [3.8, 4) is 0 Å². The topological polar surface area (TPSA) is 61.9 Å². The summed E-state index contributed by atoms with van der Waals surface area (Å²) < 4.78 is 5.68. The van der Waals surface area contributed by atoms with E-state index in [1.54, 1.807) is 0 Å². The lowest BCUT2D eigenvalue weighted by Crippen LogP contribution is -2.62. The third kappa shape index (κ3) is 5.59. The van der Waals surface area contributed by atoms with Gasteiger partial charge in [0.05, 0.1) is 0 Å². The molecule has 0 unspecified atom stereocenters. The van der Waals surface area contributed by atoms with Crippen LogP contribution in [0.4, 0.5) is 4.79 Å². The Labute approximate surface area is 186 Å². The Balaban J connectivity index is 1.32. The highest BCUT2D eigenvalue weighted by Crippen LogP contribution is 2.30. The normalized spacial score (nSPS) is 22.6. The highest BCUT2D eigenvalue weighted by molar-refractivity contribution is 5.87. The Hall–Kier alpha value is -2.08. The van der Waals surface area contributed by atoms with Gasteiger partial charge in [-0.1, -0.05) is 68.9 Å². The monoisotopic (exact) mass is 427 g/mol. The van der Waals surface area contributed by atoms with Crippen LogP contribution in [0.3, 0.4) is 0 Å². The average molecular weight is 428 g/mol. The van der Waals surface area contributed by atoms with Crippen LogP contribution in [0.5, 0.6) is 0 Å². The van der Waals surface area contributed by atoms with Crippen molar-refractivity contribution < 1.29 is 14.3 Å². The summed E-state index contributed by atoms with van der Waals surface area (Å²) in [5, 5.41) is 3.13. The molecule has 170 valence electrons. The largest absolute Gasteiger partial charge is 0.459 e. The van der Waals surface area contributed by atoms with Gasteiger partial charge in [0.25, 0.3) is 0 Å². The molecule has 3 aliphatic rings. The van der Waals surface area contributed by atoms with Crippen molar-refractivity contribution in [3.63, 3.8) is 0 Å². The zero-order valence-corrected chi connectivity index (χ0v) is 18.7. The van der Waals surface area contributed by atoms with E-state index in [2.05, 4.69) is 10.2 Å². The third-order valence-electron chi connectivity index (χ3n) is 7.35. The van der Waals surface area contributed by atoms with E-state index in [9.17, 15) is 9.59 Å². The van der Waals surface area contributed by atoms with Gasteiger partial charge < -0.3 is 15.0 Å². The fourth-order valence-corrected chi connectivity index (χ4v) is 5.42. The van der Waals surface area contributed by atoms with Crippen molar-refractivity contribution in [1.82, 2.24) is 15.1 Å². The Kier molecular flexibility index (Phi) is 7.49. The van der Waals surface area contributed by atoms with Crippen LogP contribution in [-0.2, 0) is 16.1 Å². The Morgan fingerprint density at radius 1 is 0.903 bits per heavy atom. The minimum absolute atomic E-state index is 0.109. The van der Waals surface area contributed by atoms with Gasteiger partial charge in [0, 0.05) is 32.2 Å². The molecule has 0 bridgehead atoms. The van der Waals surface area contributed by atoms with Crippen molar-refractivity contribution in [2.45, 2.75) is 82.4 Å². The molecule has 6 heteroatoms. The molecule has 4 rings (SSSR count). The predicted molar refractivity (Wildman–Crippen MR) is 121 cm³/mol. The molecule has 0 spiro atoms. The number of hydrogen-bond acceptors (Lipinski definition) is 4. The van der Waals surface area contributed by atoms with E-state index in [4.69, 9.17) is 4.74 Å². The van der Waals surface area contributed by atoms with Gasteiger partial charge in [-0.3, -0.25) is 4.90 Å². The van der Waals surface area contributed by atoms with Crippen LogP contribution in [-0.4, -0.2) is 59.6 Å². The van der Waals surface area contributed by atoms with Crippen LogP contribution in [0.25, 0.3) is 0 Å². The third-order valence-corrected chi connectivity index (χ3v) is 7.35.